The summed E-state index contributed by atoms with van der Waals surface area (Å²) in [5.74, 6) is 2.27. The predicted molar refractivity (Wildman–Crippen MR) is 170 cm³/mol. The predicted octanol–water partition coefficient (Wildman–Crippen LogP) is 0.0329. The van der Waals surface area contributed by atoms with Gasteiger partial charge in [-0.1, -0.05) is 21.6 Å². The summed E-state index contributed by atoms with van der Waals surface area (Å²) in [6, 6.07) is 2.73. The van der Waals surface area contributed by atoms with Crippen LogP contribution in [0.3, 0.4) is 0 Å². The van der Waals surface area contributed by atoms with Gasteiger partial charge >= 0.3 is 0 Å². The lowest BCUT2D eigenvalue weighted by Gasteiger charge is -2.20. The van der Waals surface area contributed by atoms with Crippen molar-refractivity contribution in [1.82, 2.24) is 21.3 Å². The van der Waals surface area contributed by atoms with Crippen molar-refractivity contribution in [2.24, 2.45) is 22.9 Å². The number of nitrogens with two attached hydrogens (primary N) is 4. The molecule has 1 aliphatic rings. The van der Waals surface area contributed by atoms with E-state index in [1.165, 1.54) is 11.1 Å². The molecular formula is C26H46N10O4S2. The molecule has 14 N–H and O–H groups in total. The Labute approximate surface area is 255 Å². The Morgan fingerprint density at radius 1 is 0.714 bits per heavy atom. The molecular weight excluding hydrogens is 580 g/mol. The van der Waals surface area contributed by atoms with Gasteiger partial charge in [-0.05, 0) is 61.8 Å². The number of carbonyl (C=O) groups is 2. The monoisotopic (exact) mass is 626 g/mol. The van der Waals surface area contributed by atoms with Crippen LogP contribution in [0, 0.1) is 10.8 Å². The standard InChI is InChI=1S/C26H46N10O4S2/c27-19(5-1-3-7-35-25(29)30)23(37)33-9-11-39-21-13-17-15-41-42-16-18(17)14-22(21)40-12-10-34-24(38)20(28)6-2-4-8-36-26(31)32/h13-14,19-20H,1-12,15-16,27-28H2,(H,33,37)(H,34,38)(H4,29,30,35)(H4,31,32,36)/t19-,20-/m1/s1. The second kappa shape index (κ2) is 19.9. The smallest absolute Gasteiger partial charge is 0.237 e. The molecule has 1 aliphatic heterocycles. The number of rotatable bonds is 20. The van der Waals surface area contributed by atoms with Crippen molar-refractivity contribution in [3.63, 3.8) is 0 Å². The number of nitrogens with one attached hydrogen (secondary N) is 6. The topological polar surface area (TPSA) is 253 Å². The maximum atomic E-state index is 12.3. The molecule has 2 atom stereocenters. The van der Waals surface area contributed by atoms with Crippen molar-refractivity contribution in [3.8, 4) is 11.5 Å². The van der Waals surface area contributed by atoms with E-state index in [2.05, 4.69) is 21.3 Å². The van der Waals surface area contributed by atoms with Crippen molar-refractivity contribution in [3.05, 3.63) is 23.3 Å². The molecule has 0 aromatic heterocycles. The minimum atomic E-state index is -0.619. The number of hydrogen-bond acceptors (Lipinski definition) is 10. The average Bonchev–Trinajstić information content (AvgIpc) is 2.96. The van der Waals surface area contributed by atoms with Gasteiger partial charge in [0.15, 0.2) is 23.4 Å². The molecule has 16 heteroatoms. The fourth-order valence-corrected chi connectivity index (χ4v) is 6.19. The number of carbonyl (C=O) groups excluding carboxylic acids is 2. The molecule has 0 bridgehead atoms. The number of fused-ring (bicyclic) bond motifs is 1. The third-order valence-corrected chi connectivity index (χ3v) is 8.52. The van der Waals surface area contributed by atoms with E-state index in [1.807, 2.05) is 12.1 Å². The van der Waals surface area contributed by atoms with Gasteiger partial charge in [0.05, 0.1) is 25.2 Å². The quantitative estimate of drug-likeness (QED) is 0.0398. The highest BCUT2D eigenvalue weighted by molar-refractivity contribution is 8.76. The molecule has 42 heavy (non-hydrogen) atoms. The fraction of sp³-hybridized carbons (Fsp3) is 0.615. The van der Waals surface area contributed by atoms with Crippen LogP contribution in [0.25, 0.3) is 0 Å². The van der Waals surface area contributed by atoms with Crippen LogP contribution in [0.5, 0.6) is 11.5 Å². The SMILES string of the molecule is N=C(N)NCCCC[C@@H](N)C(=O)NCCOc1cc2c(cc1OCCNC(=O)[C@H](N)CCCCNC(=N)N)CSSC2. The molecule has 0 saturated heterocycles. The van der Waals surface area contributed by atoms with Crippen LogP contribution in [0.15, 0.2) is 12.1 Å². The van der Waals surface area contributed by atoms with E-state index in [4.69, 9.17) is 43.2 Å². The minimum absolute atomic E-state index is 0.0717. The molecule has 0 unspecified atom stereocenters. The van der Waals surface area contributed by atoms with Crippen molar-refractivity contribution in [2.45, 2.75) is 62.1 Å². The molecule has 0 saturated carbocycles. The number of guanidine groups is 2. The molecule has 1 heterocycles. The van der Waals surface area contributed by atoms with E-state index in [9.17, 15) is 9.59 Å². The van der Waals surface area contributed by atoms with Gasteiger partial charge in [-0.15, -0.1) is 0 Å². The van der Waals surface area contributed by atoms with Gasteiger partial charge in [0.2, 0.25) is 11.8 Å². The Morgan fingerprint density at radius 2 is 1.12 bits per heavy atom. The van der Waals surface area contributed by atoms with Crippen LogP contribution in [0.4, 0.5) is 0 Å². The Kier molecular flexibility index (Phi) is 16.7. The summed E-state index contributed by atoms with van der Waals surface area (Å²) in [5, 5.41) is 25.3. The van der Waals surface area contributed by atoms with E-state index in [1.54, 1.807) is 21.6 Å². The number of benzene rings is 1. The Morgan fingerprint density at radius 3 is 1.50 bits per heavy atom. The molecule has 1 aromatic rings. The summed E-state index contributed by atoms with van der Waals surface area (Å²) in [6.07, 6.45) is 4.07. The molecule has 0 radical (unpaired) electrons. The molecule has 236 valence electrons. The second-order valence-electron chi connectivity index (χ2n) is 9.76. The summed E-state index contributed by atoms with van der Waals surface area (Å²) in [4.78, 5) is 24.6. The number of ether oxygens (including phenoxy) is 2. The zero-order chi connectivity index (χ0) is 30.7. The molecule has 0 aliphatic carbocycles. The first kappa shape index (κ1) is 35.1. The first-order valence-corrected chi connectivity index (χ1v) is 16.5. The third kappa shape index (κ3) is 14.2. The lowest BCUT2D eigenvalue weighted by atomic mass is 10.1. The average molecular weight is 627 g/mol. The van der Waals surface area contributed by atoms with Crippen molar-refractivity contribution in [1.29, 1.82) is 10.8 Å². The van der Waals surface area contributed by atoms with Crippen LogP contribution in [0.2, 0.25) is 0 Å². The molecule has 0 fully saturated rings. The molecule has 0 spiro atoms. The van der Waals surface area contributed by atoms with Gasteiger partial charge in [0.25, 0.3) is 0 Å². The summed E-state index contributed by atoms with van der Waals surface area (Å²) in [6.45, 7) is 2.21. The number of hydrogen-bond donors (Lipinski definition) is 10. The third-order valence-electron chi connectivity index (χ3n) is 6.28. The highest BCUT2D eigenvalue weighted by Crippen LogP contribution is 2.41. The van der Waals surface area contributed by atoms with Crippen molar-refractivity contribution in [2.75, 3.05) is 39.4 Å². The van der Waals surface area contributed by atoms with Gasteiger partial charge in [0, 0.05) is 24.6 Å². The van der Waals surface area contributed by atoms with Crippen LogP contribution in [-0.4, -0.2) is 75.2 Å². The van der Waals surface area contributed by atoms with Gasteiger partial charge in [-0.3, -0.25) is 20.4 Å². The first-order chi connectivity index (χ1) is 20.2. The van der Waals surface area contributed by atoms with Crippen LogP contribution in [-0.2, 0) is 21.1 Å². The maximum absolute atomic E-state index is 12.3. The van der Waals surface area contributed by atoms with E-state index >= 15 is 0 Å². The maximum Gasteiger partial charge on any atom is 0.237 e. The van der Waals surface area contributed by atoms with E-state index in [0.717, 1.165) is 37.2 Å². The van der Waals surface area contributed by atoms with Gasteiger partial charge in [0.1, 0.15) is 13.2 Å². The molecule has 1 aromatic carbocycles. The Balaban J connectivity index is 1.76. The molecule has 2 amide bonds. The first-order valence-electron chi connectivity index (χ1n) is 14.1. The lowest BCUT2D eigenvalue weighted by Crippen LogP contribution is -2.42. The fourth-order valence-electron chi connectivity index (χ4n) is 3.97. The summed E-state index contributed by atoms with van der Waals surface area (Å²) < 4.78 is 12.0. The van der Waals surface area contributed by atoms with E-state index in [-0.39, 0.29) is 50.0 Å². The van der Waals surface area contributed by atoms with E-state index < -0.39 is 12.1 Å². The zero-order valence-corrected chi connectivity index (χ0v) is 25.6. The normalized spacial score (nSPS) is 13.7. The lowest BCUT2D eigenvalue weighted by molar-refractivity contribution is -0.123. The molecule has 14 nitrogen and oxygen atoms in total. The summed E-state index contributed by atoms with van der Waals surface area (Å²) in [7, 11) is 3.57. The highest BCUT2D eigenvalue weighted by atomic mass is 33.1. The Hall–Kier alpha value is -3.08. The van der Waals surface area contributed by atoms with Gasteiger partial charge in [-0.25, -0.2) is 0 Å². The summed E-state index contributed by atoms with van der Waals surface area (Å²) >= 11 is 0. The molecule has 2 rings (SSSR count). The largest absolute Gasteiger partial charge is 0.488 e. The Bertz CT molecular complexity index is 954. The highest BCUT2D eigenvalue weighted by Gasteiger charge is 2.18. The zero-order valence-electron chi connectivity index (χ0n) is 24.0. The number of unbranched alkanes of at least 4 members (excludes halogenated alkanes) is 2. The number of amides is 2. The van der Waals surface area contributed by atoms with E-state index in [0.29, 0.717) is 37.4 Å². The summed E-state index contributed by atoms with van der Waals surface area (Å²) in [5.41, 5.74) is 24.8. The van der Waals surface area contributed by atoms with Crippen LogP contribution in [0.1, 0.15) is 49.7 Å². The minimum Gasteiger partial charge on any atom is -0.488 e. The second-order valence-corrected chi connectivity index (χ2v) is 12.2. The van der Waals surface area contributed by atoms with Crippen molar-refractivity contribution < 1.29 is 19.1 Å². The van der Waals surface area contributed by atoms with Crippen molar-refractivity contribution >= 4 is 45.3 Å². The van der Waals surface area contributed by atoms with Crippen LogP contribution >= 0.6 is 21.6 Å². The van der Waals surface area contributed by atoms with Gasteiger partial charge in [-0.2, -0.15) is 0 Å². The van der Waals surface area contributed by atoms with Gasteiger partial charge < -0.3 is 53.7 Å². The van der Waals surface area contributed by atoms with Crippen LogP contribution < -0.4 is 53.7 Å².